The highest BCUT2D eigenvalue weighted by Gasteiger charge is 2.19. The predicted octanol–water partition coefficient (Wildman–Crippen LogP) is 5.77. The first kappa shape index (κ1) is 16.5. The van der Waals surface area contributed by atoms with Crippen LogP contribution in [0.5, 0.6) is 0 Å². The molecule has 0 aliphatic heterocycles. The highest BCUT2D eigenvalue weighted by Crippen LogP contribution is 2.32. The third-order valence-corrected chi connectivity index (χ3v) is 4.63. The van der Waals surface area contributed by atoms with Crippen LogP contribution in [0.15, 0.2) is 65.2 Å². The maximum absolute atomic E-state index is 12.9. The van der Waals surface area contributed by atoms with Crippen molar-refractivity contribution < 1.29 is 9.21 Å². The maximum atomic E-state index is 12.9. The summed E-state index contributed by atoms with van der Waals surface area (Å²) in [6, 6.07) is 17.6. The van der Waals surface area contributed by atoms with Crippen molar-refractivity contribution in [3.63, 3.8) is 0 Å². The molecular weight excluding hydrogens is 371 g/mol. The van der Waals surface area contributed by atoms with Crippen LogP contribution >= 0.6 is 23.2 Å². The van der Waals surface area contributed by atoms with E-state index in [4.69, 9.17) is 27.6 Å². The number of carbonyl (C=O) groups excluding carboxylic acids is 1. The largest absolute Gasteiger partial charge is 0.451 e. The predicted molar refractivity (Wildman–Crippen MR) is 101 cm³/mol. The highest BCUT2D eigenvalue weighted by molar-refractivity contribution is 6.35. The Morgan fingerprint density at radius 3 is 2.69 bits per heavy atom. The lowest BCUT2D eigenvalue weighted by Gasteiger charge is -2.03. The molecule has 0 aliphatic carbocycles. The van der Waals surface area contributed by atoms with E-state index in [9.17, 15) is 10.1 Å². The number of nitrogens with zero attached hydrogens (tertiary/aromatic N) is 2. The molecule has 0 fully saturated rings. The molecule has 0 N–H and O–H groups in total. The summed E-state index contributed by atoms with van der Waals surface area (Å²) >= 11 is 12.2. The van der Waals surface area contributed by atoms with Gasteiger partial charge in [-0.3, -0.25) is 9.36 Å². The Morgan fingerprint density at radius 1 is 1.08 bits per heavy atom. The average Bonchev–Trinajstić information content (AvgIpc) is 3.28. The number of furan rings is 1. The SMILES string of the molecule is N#Cc1cn(C(=O)c2ccc(-c3cc(Cl)ccc3Cl)o2)c2ccccc12. The van der Waals surface area contributed by atoms with Crippen LogP contribution in [0, 0.1) is 11.3 Å². The van der Waals surface area contributed by atoms with Gasteiger partial charge in [-0.1, -0.05) is 41.4 Å². The number of benzene rings is 2. The van der Waals surface area contributed by atoms with Gasteiger partial charge in [0.15, 0.2) is 5.76 Å². The molecule has 4 rings (SSSR count). The first-order chi connectivity index (χ1) is 12.6. The Labute approximate surface area is 158 Å². The summed E-state index contributed by atoms with van der Waals surface area (Å²) in [5.74, 6) is 0.214. The molecule has 4 aromatic rings. The Balaban J connectivity index is 1.79. The zero-order valence-corrected chi connectivity index (χ0v) is 14.8. The van der Waals surface area contributed by atoms with E-state index in [0.29, 0.717) is 37.8 Å². The monoisotopic (exact) mass is 380 g/mol. The second-order valence-electron chi connectivity index (χ2n) is 5.63. The van der Waals surface area contributed by atoms with Gasteiger partial charge in [-0.2, -0.15) is 5.26 Å². The lowest BCUT2D eigenvalue weighted by molar-refractivity contribution is 0.0938. The molecule has 126 valence electrons. The van der Waals surface area contributed by atoms with Gasteiger partial charge in [0.25, 0.3) is 5.91 Å². The topological polar surface area (TPSA) is 58.9 Å². The van der Waals surface area contributed by atoms with Crippen LogP contribution in [0.4, 0.5) is 0 Å². The van der Waals surface area contributed by atoms with E-state index in [-0.39, 0.29) is 11.7 Å². The first-order valence-electron chi connectivity index (χ1n) is 7.68. The molecule has 0 spiro atoms. The smallest absolute Gasteiger partial charge is 0.298 e. The number of fused-ring (bicyclic) bond motifs is 1. The van der Waals surface area contributed by atoms with Gasteiger partial charge in [0.1, 0.15) is 11.8 Å². The normalized spacial score (nSPS) is 10.8. The molecule has 0 bridgehead atoms. The maximum Gasteiger partial charge on any atom is 0.298 e. The lowest BCUT2D eigenvalue weighted by atomic mass is 10.2. The Morgan fingerprint density at radius 2 is 1.88 bits per heavy atom. The molecule has 6 heteroatoms. The minimum Gasteiger partial charge on any atom is -0.451 e. The molecule has 2 aromatic heterocycles. The van der Waals surface area contributed by atoms with Gasteiger partial charge < -0.3 is 4.42 Å². The van der Waals surface area contributed by atoms with Crippen molar-refractivity contribution in [3.8, 4) is 17.4 Å². The molecule has 4 nitrogen and oxygen atoms in total. The van der Waals surface area contributed by atoms with Gasteiger partial charge in [-0.15, -0.1) is 0 Å². The molecule has 0 unspecified atom stereocenters. The number of rotatable bonds is 2. The Bertz CT molecular complexity index is 1200. The molecular formula is C20H10Cl2N2O2. The van der Waals surface area contributed by atoms with Crippen molar-refractivity contribution in [2.24, 2.45) is 0 Å². The van der Waals surface area contributed by atoms with Crippen LogP contribution in [0.3, 0.4) is 0 Å². The van der Waals surface area contributed by atoms with Crippen molar-refractivity contribution in [1.82, 2.24) is 4.57 Å². The second-order valence-corrected chi connectivity index (χ2v) is 6.48. The van der Waals surface area contributed by atoms with E-state index in [2.05, 4.69) is 6.07 Å². The van der Waals surface area contributed by atoms with Crippen molar-refractivity contribution in [2.75, 3.05) is 0 Å². The van der Waals surface area contributed by atoms with Gasteiger partial charge in [0, 0.05) is 22.2 Å². The zero-order chi connectivity index (χ0) is 18.3. The standard InChI is InChI=1S/C20H10Cl2N2O2/c21-13-5-6-16(22)15(9-13)18-7-8-19(26-18)20(25)24-11-12(10-23)14-3-1-2-4-17(14)24/h1-9,11H. The number of hydrogen-bond donors (Lipinski definition) is 0. The van der Waals surface area contributed by atoms with Crippen LogP contribution < -0.4 is 0 Å². The summed E-state index contributed by atoms with van der Waals surface area (Å²) in [4.78, 5) is 12.9. The van der Waals surface area contributed by atoms with Crippen LogP contribution in [0.1, 0.15) is 16.1 Å². The highest BCUT2D eigenvalue weighted by atomic mass is 35.5. The van der Waals surface area contributed by atoms with E-state index in [1.807, 2.05) is 12.1 Å². The van der Waals surface area contributed by atoms with Gasteiger partial charge in [0.05, 0.1) is 16.1 Å². The quantitative estimate of drug-likeness (QED) is 0.443. The van der Waals surface area contributed by atoms with Crippen molar-refractivity contribution >= 4 is 40.0 Å². The average molecular weight is 381 g/mol. The van der Waals surface area contributed by atoms with E-state index < -0.39 is 0 Å². The molecule has 0 atom stereocenters. The molecule has 0 saturated carbocycles. The van der Waals surface area contributed by atoms with Gasteiger partial charge in [-0.05, 0) is 36.4 Å². The summed E-state index contributed by atoms with van der Waals surface area (Å²) in [6.45, 7) is 0. The number of hydrogen-bond acceptors (Lipinski definition) is 3. The van der Waals surface area contributed by atoms with Crippen LogP contribution in [-0.4, -0.2) is 10.5 Å². The van der Waals surface area contributed by atoms with Crippen LogP contribution in [0.25, 0.3) is 22.2 Å². The fourth-order valence-corrected chi connectivity index (χ4v) is 3.22. The molecule has 0 saturated heterocycles. The fraction of sp³-hybridized carbons (Fsp3) is 0. The summed E-state index contributed by atoms with van der Waals surface area (Å²) < 4.78 is 7.13. The molecule has 0 radical (unpaired) electrons. The summed E-state index contributed by atoms with van der Waals surface area (Å²) in [7, 11) is 0. The Kier molecular flexibility index (Phi) is 4.04. The first-order valence-corrected chi connectivity index (χ1v) is 8.44. The number of aromatic nitrogens is 1. The lowest BCUT2D eigenvalue weighted by Crippen LogP contribution is -2.09. The zero-order valence-electron chi connectivity index (χ0n) is 13.2. The molecule has 2 aromatic carbocycles. The van der Waals surface area contributed by atoms with Crippen molar-refractivity contribution in [3.05, 3.63) is 82.2 Å². The van der Waals surface area contributed by atoms with Crippen molar-refractivity contribution in [1.29, 1.82) is 5.26 Å². The van der Waals surface area contributed by atoms with Crippen LogP contribution in [0.2, 0.25) is 10.0 Å². The third kappa shape index (κ3) is 2.68. The molecule has 0 aliphatic rings. The van der Waals surface area contributed by atoms with Gasteiger partial charge in [0.2, 0.25) is 0 Å². The van der Waals surface area contributed by atoms with E-state index in [1.54, 1.807) is 42.5 Å². The summed E-state index contributed by atoms with van der Waals surface area (Å²) in [5.41, 5.74) is 1.68. The number of carbonyl (C=O) groups is 1. The number of nitriles is 1. The van der Waals surface area contributed by atoms with E-state index >= 15 is 0 Å². The summed E-state index contributed by atoms with van der Waals surface area (Å²) in [5, 5.41) is 11.0. The number of para-hydroxylation sites is 1. The van der Waals surface area contributed by atoms with E-state index in [1.165, 1.54) is 10.8 Å². The van der Waals surface area contributed by atoms with Crippen LogP contribution in [-0.2, 0) is 0 Å². The fourth-order valence-electron chi connectivity index (χ4n) is 2.84. The Hall–Kier alpha value is -3.00. The second kappa shape index (κ2) is 6.38. The van der Waals surface area contributed by atoms with Gasteiger partial charge in [-0.25, -0.2) is 0 Å². The summed E-state index contributed by atoms with van der Waals surface area (Å²) in [6.07, 6.45) is 1.52. The molecule has 26 heavy (non-hydrogen) atoms. The minimum atomic E-state index is -0.368. The number of halogens is 2. The van der Waals surface area contributed by atoms with Gasteiger partial charge >= 0.3 is 0 Å². The minimum absolute atomic E-state index is 0.140. The van der Waals surface area contributed by atoms with Crippen molar-refractivity contribution in [2.45, 2.75) is 0 Å². The third-order valence-electron chi connectivity index (χ3n) is 4.06. The molecule has 2 heterocycles. The van der Waals surface area contributed by atoms with E-state index in [0.717, 1.165) is 0 Å². The molecule has 0 amide bonds.